The summed E-state index contributed by atoms with van der Waals surface area (Å²) in [6.07, 6.45) is -4.63. The maximum absolute atomic E-state index is 12.9. The number of carbonyl (C=O) groups excluding carboxylic acids is 1. The molecular formula is C13H15F3N4O. The molecule has 0 saturated heterocycles. The Morgan fingerprint density at radius 2 is 2.14 bits per heavy atom. The molecule has 1 atom stereocenters. The second-order valence-electron chi connectivity index (χ2n) is 4.62. The van der Waals surface area contributed by atoms with Crippen molar-refractivity contribution in [1.29, 1.82) is 5.26 Å². The van der Waals surface area contributed by atoms with Gasteiger partial charge >= 0.3 is 6.18 Å². The standard InChI is InChI=1S/C13H15F3N4O/c1-8(6-17)7-20(2)12(21)9-3-4-11(19-18)10(5-9)13(14,15)16/h3-5,8,19H,7,18H2,1-2H3. The van der Waals surface area contributed by atoms with Crippen LogP contribution < -0.4 is 11.3 Å². The van der Waals surface area contributed by atoms with Crippen LogP contribution in [0.4, 0.5) is 18.9 Å². The number of benzene rings is 1. The van der Waals surface area contributed by atoms with E-state index < -0.39 is 23.6 Å². The first-order valence-electron chi connectivity index (χ1n) is 6.03. The number of carbonyl (C=O) groups is 1. The Morgan fingerprint density at radius 1 is 1.52 bits per heavy atom. The molecule has 0 aliphatic carbocycles. The zero-order valence-electron chi connectivity index (χ0n) is 11.5. The van der Waals surface area contributed by atoms with E-state index in [4.69, 9.17) is 11.1 Å². The minimum Gasteiger partial charge on any atom is -0.340 e. The molecule has 1 amide bonds. The highest BCUT2D eigenvalue weighted by atomic mass is 19.4. The Balaban J connectivity index is 3.10. The minimum absolute atomic E-state index is 0.117. The lowest BCUT2D eigenvalue weighted by Gasteiger charge is -2.20. The van der Waals surface area contributed by atoms with Crippen LogP contribution in [-0.2, 0) is 6.18 Å². The number of nitrogens with two attached hydrogens (primary N) is 1. The summed E-state index contributed by atoms with van der Waals surface area (Å²) in [5.41, 5.74) is 0.505. The molecule has 0 radical (unpaired) electrons. The van der Waals surface area contributed by atoms with Crippen LogP contribution in [0.1, 0.15) is 22.8 Å². The topological polar surface area (TPSA) is 82.2 Å². The number of amides is 1. The first kappa shape index (κ1) is 16.8. The molecule has 21 heavy (non-hydrogen) atoms. The number of alkyl halides is 3. The second kappa shape index (κ2) is 6.45. The fourth-order valence-corrected chi connectivity index (χ4v) is 1.79. The number of hydrogen-bond donors (Lipinski definition) is 2. The zero-order chi connectivity index (χ0) is 16.2. The fraction of sp³-hybridized carbons (Fsp3) is 0.385. The normalized spacial score (nSPS) is 12.4. The predicted molar refractivity (Wildman–Crippen MR) is 71.0 cm³/mol. The number of anilines is 1. The van der Waals surface area contributed by atoms with Gasteiger partial charge in [-0.1, -0.05) is 0 Å². The fourth-order valence-electron chi connectivity index (χ4n) is 1.79. The van der Waals surface area contributed by atoms with Crippen molar-refractivity contribution in [2.45, 2.75) is 13.1 Å². The smallest absolute Gasteiger partial charge is 0.340 e. The summed E-state index contributed by atoms with van der Waals surface area (Å²) in [5, 5.41) is 8.70. The second-order valence-corrected chi connectivity index (χ2v) is 4.62. The summed E-state index contributed by atoms with van der Waals surface area (Å²) in [6, 6.07) is 5.04. The number of nitriles is 1. The van der Waals surface area contributed by atoms with Crippen molar-refractivity contribution in [1.82, 2.24) is 4.90 Å². The van der Waals surface area contributed by atoms with Gasteiger partial charge < -0.3 is 10.3 Å². The van der Waals surface area contributed by atoms with Crippen LogP contribution in [-0.4, -0.2) is 24.4 Å². The van der Waals surface area contributed by atoms with Gasteiger partial charge in [-0.25, -0.2) is 0 Å². The molecule has 0 heterocycles. The van der Waals surface area contributed by atoms with Crippen molar-refractivity contribution in [3.63, 3.8) is 0 Å². The average Bonchev–Trinajstić information content (AvgIpc) is 2.44. The van der Waals surface area contributed by atoms with Crippen LogP contribution >= 0.6 is 0 Å². The highest BCUT2D eigenvalue weighted by Crippen LogP contribution is 2.35. The summed E-state index contributed by atoms with van der Waals surface area (Å²) in [4.78, 5) is 13.3. The summed E-state index contributed by atoms with van der Waals surface area (Å²) in [5.74, 6) is 4.03. The molecule has 1 aromatic rings. The molecule has 1 unspecified atom stereocenters. The number of halogens is 3. The lowest BCUT2D eigenvalue weighted by Crippen LogP contribution is -2.31. The van der Waals surface area contributed by atoms with Crippen molar-refractivity contribution in [2.75, 3.05) is 19.0 Å². The Bertz CT molecular complexity index is 566. The van der Waals surface area contributed by atoms with E-state index in [-0.39, 0.29) is 17.8 Å². The van der Waals surface area contributed by atoms with Crippen LogP contribution in [0.15, 0.2) is 18.2 Å². The number of rotatable bonds is 4. The van der Waals surface area contributed by atoms with E-state index in [0.29, 0.717) is 0 Å². The van der Waals surface area contributed by atoms with Crippen LogP contribution in [0.2, 0.25) is 0 Å². The average molecular weight is 300 g/mol. The molecule has 0 aromatic heterocycles. The van der Waals surface area contributed by atoms with E-state index in [9.17, 15) is 18.0 Å². The monoisotopic (exact) mass is 300 g/mol. The third-order valence-electron chi connectivity index (χ3n) is 2.84. The Labute approximate surface area is 120 Å². The molecule has 1 aromatic carbocycles. The molecule has 0 bridgehead atoms. The molecule has 8 heteroatoms. The zero-order valence-corrected chi connectivity index (χ0v) is 11.5. The van der Waals surface area contributed by atoms with Gasteiger partial charge in [0, 0.05) is 19.2 Å². The van der Waals surface area contributed by atoms with Gasteiger partial charge in [0.05, 0.1) is 23.2 Å². The van der Waals surface area contributed by atoms with E-state index in [1.54, 1.807) is 6.92 Å². The Kier molecular flexibility index (Phi) is 5.16. The van der Waals surface area contributed by atoms with Gasteiger partial charge in [0.25, 0.3) is 5.91 Å². The van der Waals surface area contributed by atoms with Crippen molar-refractivity contribution in [3.05, 3.63) is 29.3 Å². The molecule has 0 spiro atoms. The van der Waals surface area contributed by atoms with Gasteiger partial charge in [-0.3, -0.25) is 10.6 Å². The Hall–Kier alpha value is -2.27. The molecule has 0 saturated carbocycles. The molecule has 0 fully saturated rings. The van der Waals surface area contributed by atoms with Crippen molar-refractivity contribution in [3.8, 4) is 6.07 Å². The molecule has 0 aliphatic heterocycles. The quantitative estimate of drug-likeness (QED) is 0.660. The van der Waals surface area contributed by atoms with Gasteiger partial charge in [-0.15, -0.1) is 0 Å². The number of nitrogen functional groups attached to an aromatic ring is 1. The summed E-state index contributed by atoms with van der Waals surface area (Å²) < 4.78 is 38.6. The first-order valence-corrected chi connectivity index (χ1v) is 6.03. The third-order valence-corrected chi connectivity index (χ3v) is 2.84. The van der Waals surface area contributed by atoms with Crippen molar-refractivity contribution in [2.24, 2.45) is 11.8 Å². The number of hydrogen-bond acceptors (Lipinski definition) is 4. The van der Waals surface area contributed by atoms with Gasteiger partial charge in [-0.05, 0) is 25.1 Å². The number of nitrogens with one attached hydrogen (secondary N) is 1. The van der Waals surface area contributed by atoms with E-state index in [1.165, 1.54) is 18.0 Å². The van der Waals surface area contributed by atoms with Crippen molar-refractivity contribution < 1.29 is 18.0 Å². The van der Waals surface area contributed by atoms with Crippen LogP contribution in [0.25, 0.3) is 0 Å². The van der Waals surface area contributed by atoms with E-state index in [2.05, 4.69) is 0 Å². The lowest BCUT2D eigenvalue weighted by molar-refractivity contribution is -0.137. The molecular weight excluding hydrogens is 285 g/mol. The van der Waals surface area contributed by atoms with E-state index in [0.717, 1.165) is 12.1 Å². The largest absolute Gasteiger partial charge is 0.418 e. The molecule has 5 nitrogen and oxygen atoms in total. The maximum atomic E-state index is 12.9. The summed E-state index contributed by atoms with van der Waals surface area (Å²) in [6.45, 7) is 1.75. The maximum Gasteiger partial charge on any atom is 0.418 e. The third kappa shape index (κ3) is 4.10. The first-order chi connectivity index (χ1) is 9.70. The van der Waals surface area contributed by atoms with Crippen LogP contribution in [0.5, 0.6) is 0 Å². The van der Waals surface area contributed by atoms with E-state index in [1.807, 2.05) is 11.5 Å². The summed E-state index contributed by atoms with van der Waals surface area (Å²) in [7, 11) is 1.43. The van der Waals surface area contributed by atoms with Crippen LogP contribution in [0, 0.1) is 17.2 Å². The van der Waals surface area contributed by atoms with Gasteiger partial charge in [0.15, 0.2) is 0 Å². The van der Waals surface area contributed by atoms with Gasteiger partial charge in [-0.2, -0.15) is 18.4 Å². The summed E-state index contributed by atoms with van der Waals surface area (Å²) >= 11 is 0. The molecule has 1 rings (SSSR count). The molecule has 0 aliphatic rings. The number of hydrazine groups is 1. The van der Waals surface area contributed by atoms with E-state index >= 15 is 0 Å². The highest BCUT2D eigenvalue weighted by molar-refractivity contribution is 5.94. The Morgan fingerprint density at radius 3 is 2.62 bits per heavy atom. The molecule has 114 valence electrons. The lowest BCUT2D eigenvalue weighted by atomic mass is 10.1. The predicted octanol–water partition coefficient (Wildman–Crippen LogP) is 2.22. The van der Waals surface area contributed by atoms with Crippen molar-refractivity contribution >= 4 is 11.6 Å². The van der Waals surface area contributed by atoms with Gasteiger partial charge in [0.2, 0.25) is 0 Å². The minimum atomic E-state index is -4.63. The van der Waals surface area contributed by atoms with Gasteiger partial charge in [0.1, 0.15) is 0 Å². The SMILES string of the molecule is CC(C#N)CN(C)C(=O)c1ccc(NN)c(C(F)(F)F)c1. The van der Waals surface area contributed by atoms with Crippen LogP contribution in [0.3, 0.4) is 0 Å². The molecule has 3 N–H and O–H groups in total. The highest BCUT2D eigenvalue weighted by Gasteiger charge is 2.34. The number of nitrogens with zero attached hydrogens (tertiary/aromatic N) is 2.